The van der Waals surface area contributed by atoms with Crippen LogP contribution in [0, 0.1) is 0 Å². The van der Waals surface area contributed by atoms with Crippen LogP contribution in [-0.4, -0.2) is 23.3 Å². The molecular formula is C12H11N3O3. The maximum absolute atomic E-state index is 11.6. The Labute approximate surface area is 102 Å². The number of primary amides is 1. The van der Waals surface area contributed by atoms with Gasteiger partial charge in [0.2, 0.25) is 11.8 Å². The third-order valence-electron chi connectivity index (χ3n) is 2.98. The first-order chi connectivity index (χ1) is 8.65. The highest BCUT2D eigenvalue weighted by atomic mass is 16.4. The van der Waals surface area contributed by atoms with Gasteiger partial charge in [-0.3, -0.25) is 14.5 Å². The van der Waals surface area contributed by atoms with Crippen molar-refractivity contribution in [2.24, 2.45) is 5.73 Å². The molecule has 2 aromatic rings. The van der Waals surface area contributed by atoms with Gasteiger partial charge in [-0.25, -0.2) is 4.98 Å². The number of aromatic nitrogens is 1. The summed E-state index contributed by atoms with van der Waals surface area (Å²) in [5.41, 5.74) is 5.88. The molecule has 6 heteroatoms. The van der Waals surface area contributed by atoms with E-state index >= 15 is 0 Å². The van der Waals surface area contributed by atoms with Gasteiger partial charge in [0.25, 0.3) is 5.91 Å². The highest BCUT2D eigenvalue weighted by Crippen LogP contribution is 2.28. The molecule has 2 amide bonds. The van der Waals surface area contributed by atoms with Crippen LogP contribution in [-0.2, 0) is 4.79 Å². The molecule has 1 aliphatic rings. The topological polar surface area (TPSA) is 89.4 Å². The van der Waals surface area contributed by atoms with Crippen LogP contribution in [0.1, 0.15) is 23.3 Å². The van der Waals surface area contributed by atoms with E-state index in [4.69, 9.17) is 10.2 Å². The largest absolute Gasteiger partial charge is 0.438 e. The number of carbonyl (C=O) groups is 2. The van der Waals surface area contributed by atoms with Gasteiger partial charge in [0, 0.05) is 24.4 Å². The highest BCUT2D eigenvalue weighted by molar-refractivity contribution is 5.98. The van der Waals surface area contributed by atoms with Crippen LogP contribution in [0.15, 0.2) is 22.7 Å². The summed E-state index contributed by atoms with van der Waals surface area (Å²) in [4.78, 5) is 28.1. The summed E-state index contributed by atoms with van der Waals surface area (Å²) < 4.78 is 5.55. The molecule has 0 spiro atoms. The van der Waals surface area contributed by atoms with Crippen molar-refractivity contribution in [3.05, 3.63) is 24.0 Å². The molecule has 2 N–H and O–H groups in total. The molecule has 2 aromatic heterocycles. The van der Waals surface area contributed by atoms with E-state index in [0.29, 0.717) is 29.8 Å². The van der Waals surface area contributed by atoms with Crippen LogP contribution in [0.2, 0.25) is 0 Å². The molecule has 0 aliphatic carbocycles. The van der Waals surface area contributed by atoms with E-state index in [1.807, 2.05) is 0 Å². The van der Waals surface area contributed by atoms with Gasteiger partial charge in [-0.05, 0) is 12.5 Å². The fraction of sp³-hybridized carbons (Fsp3) is 0.250. The number of amides is 2. The zero-order valence-corrected chi connectivity index (χ0v) is 9.55. The van der Waals surface area contributed by atoms with Gasteiger partial charge in [0.1, 0.15) is 5.69 Å². The molecule has 3 heterocycles. The number of nitrogens with zero attached hydrogens (tertiary/aromatic N) is 2. The molecule has 1 aliphatic heterocycles. The lowest BCUT2D eigenvalue weighted by atomic mass is 10.2. The molecule has 18 heavy (non-hydrogen) atoms. The molecule has 6 nitrogen and oxygen atoms in total. The minimum atomic E-state index is -0.586. The fourth-order valence-electron chi connectivity index (χ4n) is 2.08. The number of fused-ring (bicyclic) bond motifs is 1. The molecule has 0 saturated carbocycles. The molecule has 0 bridgehead atoms. The Morgan fingerprint density at radius 1 is 1.44 bits per heavy atom. The normalized spacial score (nSPS) is 15.6. The summed E-state index contributed by atoms with van der Waals surface area (Å²) in [6, 6.07) is 3.29. The van der Waals surface area contributed by atoms with Crippen LogP contribution in [0.25, 0.3) is 11.0 Å². The first kappa shape index (κ1) is 10.8. The Hall–Kier alpha value is -2.37. The number of hydrogen-bond acceptors (Lipinski definition) is 4. The summed E-state index contributed by atoms with van der Waals surface area (Å²) in [5.74, 6) is -0.0371. The highest BCUT2D eigenvalue weighted by Gasteiger charge is 2.24. The average molecular weight is 245 g/mol. The third kappa shape index (κ3) is 1.62. The third-order valence-corrected chi connectivity index (χ3v) is 2.98. The number of nitrogens with two attached hydrogens (primary N) is 1. The Morgan fingerprint density at radius 2 is 2.28 bits per heavy atom. The Bertz CT molecular complexity index is 647. The fourth-order valence-corrected chi connectivity index (χ4v) is 2.08. The molecule has 0 aromatic carbocycles. The monoisotopic (exact) mass is 245 g/mol. The van der Waals surface area contributed by atoms with Gasteiger partial charge in [0.15, 0.2) is 5.58 Å². The van der Waals surface area contributed by atoms with Gasteiger partial charge < -0.3 is 10.2 Å². The average Bonchev–Trinajstić information content (AvgIpc) is 2.92. The zero-order valence-electron chi connectivity index (χ0n) is 9.55. The minimum Gasteiger partial charge on any atom is -0.438 e. The van der Waals surface area contributed by atoms with Gasteiger partial charge in [-0.2, -0.15) is 0 Å². The lowest BCUT2D eigenvalue weighted by Gasteiger charge is -2.10. The first-order valence-corrected chi connectivity index (χ1v) is 5.65. The summed E-state index contributed by atoms with van der Waals surface area (Å²) >= 11 is 0. The molecular weight excluding hydrogens is 234 g/mol. The van der Waals surface area contributed by atoms with E-state index in [0.717, 1.165) is 6.42 Å². The van der Waals surface area contributed by atoms with E-state index in [2.05, 4.69) is 4.98 Å². The lowest BCUT2D eigenvalue weighted by Crippen LogP contribution is -2.22. The van der Waals surface area contributed by atoms with Gasteiger partial charge in [-0.15, -0.1) is 0 Å². The number of hydrogen-bond donors (Lipinski definition) is 1. The van der Waals surface area contributed by atoms with Crippen molar-refractivity contribution in [3.63, 3.8) is 0 Å². The maximum atomic E-state index is 11.6. The van der Waals surface area contributed by atoms with Crippen molar-refractivity contribution >= 4 is 28.7 Å². The Kier molecular flexibility index (Phi) is 2.29. The Morgan fingerprint density at radius 3 is 2.94 bits per heavy atom. The van der Waals surface area contributed by atoms with Crippen molar-refractivity contribution in [3.8, 4) is 0 Å². The number of anilines is 1. The summed E-state index contributed by atoms with van der Waals surface area (Å²) in [7, 11) is 0. The van der Waals surface area contributed by atoms with E-state index in [1.54, 1.807) is 17.0 Å². The van der Waals surface area contributed by atoms with Crippen molar-refractivity contribution in [1.29, 1.82) is 0 Å². The van der Waals surface area contributed by atoms with Gasteiger partial charge in [0.05, 0.1) is 6.20 Å². The van der Waals surface area contributed by atoms with Crippen LogP contribution in [0.5, 0.6) is 0 Å². The molecule has 0 unspecified atom stereocenters. The number of furan rings is 1. The van der Waals surface area contributed by atoms with Crippen LogP contribution < -0.4 is 10.6 Å². The quantitative estimate of drug-likeness (QED) is 0.856. The number of carbonyl (C=O) groups excluding carboxylic acids is 2. The summed E-state index contributed by atoms with van der Waals surface area (Å²) in [5, 5.41) is 0.716. The number of pyridine rings is 1. The molecule has 0 radical (unpaired) electrons. The second-order valence-corrected chi connectivity index (χ2v) is 4.21. The molecule has 3 rings (SSSR count). The molecule has 1 saturated heterocycles. The van der Waals surface area contributed by atoms with Crippen molar-refractivity contribution < 1.29 is 14.0 Å². The van der Waals surface area contributed by atoms with Crippen LogP contribution in [0.3, 0.4) is 0 Å². The smallest absolute Gasteiger partial charge is 0.267 e. The van der Waals surface area contributed by atoms with Crippen molar-refractivity contribution in [2.75, 3.05) is 11.4 Å². The van der Waals surface area contributed by atoms with Gasteiger partial charge in [-0.1, -0.05) is 0 Å². The first-order valence-electron chi connectivity index (χ1n) is 5.65. The minimum absolute atomic E-state index is 0.0529. The standard InChI is InChI=1S/C12H11N3O3/c13-12(17)8-4-7-5-11(18-9(7)6-14-8)15-3-1-2-10(15)16/h4-6H,1-3H2,(H2,13,17). The van der Waals surface area contributed by atoms with Crippen molar-refractivity contribution in [2.45, 2.75) is 12.8 Å². The van der Waals surface area contributed by atoms with Crippen LogP contribution in [0.4, 0.5) is 5.88 Å². The van der Waals surface area contributed by atoms with Crippen LogP contribution >= 0.6 is 0 Å². The predicted octanol–water partition coefficient (Wildman–Crippen LogP) is 1.05. The molecule has 1 fully saturated rings. The Balaban J connectivity index is 2.05. The molecule has 92 valence electrons. The summed E-state index contributed by atoms with van der Waals surface area (Å²) in [6.07, 6.45) is 2.82. The van der Waals surface area contributed by atoms with E-state index in [9.17, 15) is 9.59 Å². The predicted molar refractivity (Wildman–Crippen MR) is 64.1 cm³/mol. The number of rotatable bonds is 2. The second-order valence-electron chi connectivity index (χ2n) is 4.21. The zero-order chi connectivity index (χ0) is 12.7. The van der Waals surface area contributed by atoms with E-state index < -0.39 is 5.91 Å². The SMILES string of the molecule is NC(=O)c1cc2cc(N3CCCC3=O)oc2cn1. The second kappa shape index (κ2) is 3.83. The van der Waals surface area contributed by atoms with E-state index in [1.165, 1.54) is 6.20 Å². The van der Waals surface area contributed by atoms with Crippen molar-refractivity contribution in [1.82, 2.24) is 4.98 Å². The molecule has 0 atom stereocenters. The van der Waals surface area contributed by atoms with E-state index in [-0.39, 0.29) is 11.6 Å². The maximum Gasteiger partial charge on any atom is 0.267 e. The summed E-state index contributed by atoms with van der Waals surface area (Å²) in [6.45, 7) is 0.661. The van der Waals surface area contributed by atoms with Gasteiger partial charge >= 0.3 is 0 Å². The lowest BCUT2D eigenvalue weighted by molar-refractivity contribution is -0.117.